The molecule has 8 aromatic rings. The summed E-state index contributed by atoms with van der Waals surface area (Å²) in [6.07, 6.45) is 0. The molecule has 0 radical (unpaired) electrons. The molecular weight excluding hydrogens is 843 g/mol. The van der Waals surface area contributed by atoms with Gasteiger partial charge in [-0.25, -0.2) is 0 Å². The fourth-order valence-corrected chi connectivity index (χ4v) is 6.09. The molecule has 0 saturated carbocycles. The van der Waals surface area contributed by atoms with Crippen LogP contribution in [0.2, 0.25) is 0 Å². The molecule has 0 saturated heterocycles. The van der Waals surface area contributed by atoms with Crippen molar-refractivity contribution in [3.63, 3.8) is 0 Å². The number of benzene rings is 6. The van der Waals surface area contributed by atoms with Crippen LogP contribution in [0.15, 0.2) is 164 Å². The fourth-order valence-electron chi connectivity index (χ4n) is 6.09. The summed E-state index contributed by atoms with van der Waals surface area (Å²) in [6, 6.07) is 56.1. The van der Waals surface area contributed by atoms with Crippen molar-refractivity contribution in [1.29, 1.82) is 0 Å². The third kappa shape index (κ3) is 12.1. The average molecular weight is 898 g/mol. The molecule has 8 rings (SSSR count). The molecule has 3 heteroatoms. The number of aromatic nitrogens is 2. The summed E-state index contributed by atoms with van der Waals surface area (Å²) in [7, 11) is 0. The normalized spacial score (nSPS) is 10.8. The zero-order chi connectivity index (χ0) is 39.6. The smallest absolute Gasteiger partial charge is 0.656 e. The standard InChI is InChI=1S/C32H33N2.3C7H7.Hf/c1-20-9-8-10-27(33-20)28-15-16-29(34-28)30-25-14-13-23(31(2,3)4)18-22(25)17-21-11-12-24(19-26(21)30)32(5,6)7;3*1-7-5-3-2-4-6-7;/h8-19H,1-7H3;3*2-6H,1H2;/q4*-1;+4. The quantitative estimate of drug-likeness (QED) is 0.0982. The van der Waals surface area contributed by atoms with Crippen LogP contribution in [0.3, 0.4) is 0 Å². The van der Waals surface area contributed by atoms with Gasteiger partial charge in [0, 0.05) is 11.4 Å². The first kappa shape index (κ1) is 43.5. The summed E-state index contributed by atoms with van der Waals surface area (Å²) in [5.74, 6) is 0. The Kier molecular flexibility index (Phi) is 15.2. The van der Waals surface area contributed by atoms with Crippen molar-refractivity contribution in [1.82, 2.24) is 9.97 Å². The van der Waals surface area contributed by atoms with Crippen molar-refractivity contribution in [3.8, 4) is 22.6 Å². The molecule has 2 heterocycles. The Hall–Kier alpha value is -5.25. The van der Waals surface area contributed by atoms with Crippen molar-refractivity contribution in [2.75, 3.05) is 0 Å². The molecule has 6 aromatic carbocycles. The third-order valence-electron chi connectivity index (χ3n) is 9.26. The van der Waals surface area contributed by atoms with Gasteiger partial charge in [0.1, 0.15) is 0 Å². The zero-order valence-electron chi connectivity index (χ0n) is 34.1. The molecule has 0 aliphatic rings. The van der Waals surface area contributed by atoms with E-state index in [1.165, 1.54) is 38.2 Å². The van der Waals surface area contributed by atoms with Crippen LogP contribution in [-0.2, 0) is 36.7 Å². The number of nitrogens with zero attached hydrogens (tertiary/aromatic N) is 2. The number of aryl methyl sites for hydroxylation is 1. The van der Waals surface area contributed by atoms with E-state index in [1.54, 1.807) is 0 Å². The molecule has 0 aliphatic carbocycles. The number of fused-ring (bicyclic) bond motifs is 2. The summed E-state index contributed by atoms with van der Waals surface area (Å²) in [4.78, 5) is 9.79. The second-order valence-electron chi connectivity index (χ2n) is 16.0. The van der Waals surface area contributed by atoms with E-state index in [-0.39, 0.29) is 36.7 Å². The van der Waals surface area contributed by atoms with Gasteiger partial charge in [-0.3, -0.25) is 4.98 Å². The van der Waals surface area contributed by atoms with Gasteiger partial charge >= 0.3 is 25.8 Å². The maximum absolute atomic E-state index is 5.09. The van der Waals surface area contributed by atoms with Crippen molar-refractivity contribution >= 4 is 21.5 Å². The minimum atomic E-state index is 0. The van der Waals surface area contributed by atoms with Gasteiger partial charge in [0.2, 0.25) is 0 Å². The van der Waals surface area contributed by atoms with Crippen LogP contribution in [0.25, 0.3) is 44.2 Å². The number of hydrogen-bond donors (Lipinski definition) is 0. The molecule has 0 unspecified atom stereocenters. The molecule has 0 N–H and O–H groups in total. The Balaban J connectivity index is 0.000000254. The first-order valence-corrected chi connectivity index (χ1v) is 18.9. The summed E-state index contributed by atoms with van der Waals surface area (Å²) < 4.78 is 0. The van der Waals surface area contributed by atoms with Crippen LogP contribution >= 0.6 is 0 Å². The maximum Gasteiger partial charge on any atom is 4.00 e. The summed E-state index contributed by atoms with van der Waals surface area (Å²) in [5.41, 5.74) is 11.1. The Bertz CT molecular complexity index is 2320. The second kappa shape index (κ2) is 19.6. The van der Waals surface area contributed by atoms with E-state index in [0.29, 0.717) is 0 Å². The molecule has 280 valence electrons. The molecule has 2 aromatic heterocycles. The molecular formula is C53H54HfN2. The number of pyridine rings is 1. The van der Waals surface area contributed by atoms with Gasteiger partial charge in [-0.1, -0.05) is 114 Å². The molecule has 0 spiro atoms. The van der Waals surface area contributed by atoms with Gasteiger partial charge in [0.25, 0.3) is 0 Å². The predicted molar refractivity (Wildman–Crippen MR) is 238 cm³/mol. The average Bonchev–Trinajstić information content (AvgIpc) is 3.64. The predicted octanol–water partition coefficient (Wildman–Crippen LogP) is 14.2. The van der Waals surface area contributed by atoms with Crippen LogP contribution in [-0.4, -0.2) is 4.98 Å². The van der Waals surface area contributed by atoms with E-state index >= 15 is 0 Å². The summed E-state index contributed by atoms with van der Waals surface area (Å²) in [6.45, 7) is 26.8. The monoisotopic (exact) mass is 898 g/mol. The Morgan fingerprint density at radius 2 is 0.929 bits per heavy atom. The van der Waals surface area contributed by atoms with Crippen molar-refractivity contribution in [3.05, 3.63) is 218 Å². The number of rotatable bonds is 2. The molecule has 0 amide bonds. The number of hydrogen-bond acceptors (Lipinski definition) is 1. The topological polar surface area (TPSA) is 27.0 Å². The van der Waals surface area contributed by atoms with Gasteiger partial charge in [-0.2, -0.15) is 73.9 Å². The molecule has 0 atom stereocenters. The van der Waals surface area contributed by atoms with Crippen LogP contribution in [0.4, 0.5) is 0 Å². The van der Waals surface area contributed by atoms with Crippen molar-refractivity contribution in [2.24, 2.45) is 0 Å². The largest absolute Gasteiger partial charge is 4.00 e. The zero-order valence-corrected chi connectivity index (χ0v) is 37.7. The van der Waals surface area contributed by atoms with Gasteiger partial charge in [-0.05, 0) is 74.2 Å². The minimum Gasteiger partial charge on any atom is -0.656 e. The van der Waals surface area contributed by atoms with E-state index in [0.717, 1.165) is 39.5 Å². The van der Waals surface area contributed by atoms with Crippen LogP contribution in [0.1, 0.15) is 75.1 Å². The van der Waals surface area contributed by atoms with Crippen molar-refractivity contribution in [2.45, 2.75) is 59.3 Å². The Labute approximate surface area is 355 Å². The van der Waals surface area contributed by atoms with Crippen LogP contribution in [0.5, 0.6) is 0 Å². The van der Waals surface area contributed by atoms with Gasteiger partial charge in [0.15, 0.2) is 0 Å². The van der Waals surface area contributed by atoms with Crippen LogP contribution < -0.4 is 4.98 Å². The SMILES string of the molecule is Cc1cccc(-c2ccc(-c3c4ccc(C(C)(C)C)cc4cc4ccc(C(C)(C)C)cc34)[n-]2)n1.[CH2-]c1ccccc1.[CH2-]c1ccccc1.[CH2-]c1ccccc1.[Hf+4]. The molecule has 2 nitrogen and oxygen atoms in total. The van der Waals surface area contributed by atoms with Crippen LogP contribution in [0, 0.1) is 27.7 Å². The van der Waals surface area contributed by atoms with E-state index in [9.17, 15) is 0 Å². The van der Waals surface area contributed by atoms with Gasteiger partial charge < -0.3 is 4.98 Å². The van der Waals surface area contributed by atoms with E-state index < -0.39 is 0 Å². The van der Waals surface area contributed by atoms with E-state index in [1.807, 2.05) is 116 Å². The molecule has 0 fully saturated rings. The van der Waals surface area contributed by atoms with Gasteiger partial charge in [0.05, 0.1) is 0 Å². The van der Waals surface area contributed by atoms with E-state index in [4.69, 9.17) is 9.97 Å². The first-order valence-electron chi connectivity index (χ1n) is 18.9. The van der Waals surface area contributed by atoms with Crippen molar-refractivity contribution < 1.29 is 25.8 Å². The maximum atomic E-state index is 5.09. The van der Waals surface area contributed by atoms with Gasteiger partial charge in [-0.15, -0.1) is 47.8 Å². The third-order valence-corrected chi connectivity index (χ3v) is 9.26. The molecule has 0 bridgehead atoms. The minimum absolute atomic E-state index is 0. The fraction of sp³-hybridized carbons (Fsp3) is 0.170. The molecule has 0 aliphatic heterocycles. The summed E-state index contributed by atoms with van der Waals surface area (Å²) >= 11 is 0. The Morgan fingerprint density at radius 3 is 1.39 bits per heavy atom. The Morgan fingerprint density at radius 1 is 0.446 bits per heavy atom. The second-order valence-corrected chi connectivity index (χ2v) is 16.0. The summed E-state index contributed by atoms with van der Waals surface area (Å²) in [5, 5.41) is 5.01. The molecule has 56 heavy (non-hydrogen) atoms. The first-order chi connectivity index (χ1) is 26.2. The van der Waals surface area contributed by atoms with E-state index in [2.05, 4.69) is 117 Å².